The molecule has 3 nitrogen and oxygen atoms in total. The number of hydrogen-bond donors (Lipinski definition) is 2. The van der Waals surface area contributed by atoms with E-state index >= 15 is 0 Å². The van der Waals surface area contributed by atoms with Crippen molar-refractivity contribution in [3.63, 3.8) is 0 Å². The van der Waals surface area contributed by atoms with E-state index < -0.39 is 11.7 Å². The topological polar surface area (TPSA) is 40.7 Å². The van der Waals surface area contributed by atoms with Gasteiger partial charge in [-0.05, 0) is 59.5 Å². The Morgan fingerprint density at radius 1 is 0.938 bits per heavy atom. The van der Waals surface area contributed by atoms with Gasteiger partial charge in [0.25, 0.3) is 0 Å². The molecule has 3 heterocycles. The second-order valence-electron chi connectivity index (χ2n) is 7.84. The Bertz CT molecular complexity index is 1340. The minimum Gasteiger partial charge on any atom is -0.346 e. The standard InChI is InChI=1S/C25H19ClF3N3/c26-21-5-6-23(25(27,28)29)17(10-21)2-4-19-13-31-24-22(19)11-20(14-32-24)15-1-3-18-12-30-8-7-16(18)9-15/h1-6,9-11,13-14,30H,7-8,12H2,(H,31,32). The number of nitrogens with zero attached hydrogens (tertiary/aromatic N) is 1. The lowest BCUT2D eigenvalue weighted by atomic mass is 9.95. The molecule has 2 aromatic carbocycles. The Balaban J connectivity index is 1.52. The Morgan fingerprint density at radius 2 is 1.78 bits per heavy atom. The third-order valence-corrected chi connectivity index (χ3v) is 5.99. The lowest BCUT2D eigenvalue weighted by molar-refractivity contribution is -0.137. The maximum atomic E-state index is 13.4. The van der Waals surface area contributed by atoms with Crippen LogP contribution in [0.5, 0.6) is 0 Å². The summed E-state index contributed by atoms with van der Waals surface area (Å²) in [6, 6.07) is 12.0. The normalized spacial score (nSPS) is 14.2. The Labute approximate surface area is 188 Å². The van der Waals surface area contributed by atoms with Crippen molar-refractivity contribution in [2.45, 2.75) is 19.1 Å². The fourth-order valence-electron chi connectivity index (χ4n) is 4.09. The van der Waals surface area contributed by atoms with Crippen LogP contribution in [0.3, 0.4) is 0 Å². The molecule has 0 bridgehead atoms. The first-order valence-electron chi connectivity index (χ1n) is 10.2. The van der Waals surface area contributed by atoms with Crippen LogP contribution in [0.1, 0.15) is 27.8 Å². The molecule has 5 rings (SSSR count). The van der Waals surface area contributed by atoms with Gasteiger partial charge in [0, 0.05) is 40.5 Å². The van der Waals surface area contributed by atoms with Gasteiger partial charge in [0.1, 0.15) is 5.65 Å². The highest BCUT2D eigenvalue weighted by atomic mass is 35.5. The van der Waals surface area contributed by atoms with Crippen molar-refractivity contribution in [1.82, 2.24) is 15.3 Å². The van der Waals surface area contributed by atoms with Crippen molar-refractivity contribution in [3.05, 3.63) is 87.7 Å². The number of H-pyrrole nitrogens is 1. The summed E-state index contributed by atoms with van der Waals surface area (Å²) < 4.78 is 40.1. The zero-order valence-corrected chi connectivity index (χ0v) is 17.7. The summed E-state index contributed by atoms with van der Waals surface area (Å²) >= 11 is 5.94. The maximum absolute atomic E-state index is 13.4. The summed E-state index contributed by atoms with van der Waals surface area (Å²) in [6.45, 7) is 1.84. The molecule has 0 spiro atoms. The molecule has 1 aliphatic rings. The van der Waals surface area contributed by atoms with Crippen molar-refractivity contribution < 1.29 is 13.2 Å². The Kier molecular flexibility index (Phi) is 5.27. The predicted molar refractivity (Wildman–Crippen MR) is 122 cm³/mol. The molecular weight excluding hydrogens is 435 g/mol. The van der Waals surface area contributed by atoms with E-state index in [2.05, 4.69) is 33.5 Å². The molecule has 0 saturated carbocycles. The summed E-state index contributed by atoms with van der Waals surface area (Å²) in [5, 5.41) is 4.46. The number of fused-ring (bicyclic) bond motifs is 2. The summed E-state index contributed by atoms with van der Waals surface area (Å²) in [6.07, 6.45) is 3.18. The van der Waals surface area contributed by atoms with Gasteiger partial charge in [-0.25, -0.2) is 4.98 Å². The molecule has 2 aromatic heterocycles. The minimum atomic E-state index is -4.46. The molecule has 0 unspecified atom stereocenters. The van der Waals surface area contributed by atoms with Crippen LogP contribution in [-0.2, 0) is 19.1 Å². The van der Waals surface area contributed by atoms with Crippen LogP contribution >= 0.6 is 11.6 Å². The van der Waals surface area contributed by atoms with Gasteiger partial charge in [-0.3, -0.25) is 0 Å². The molecule has 0 aliphatic carbocycles. The number of alkyl halides is 3. The van der Waals surface area contributed by atoms with Crippen LogP contribution in [0.4, 0.5) is 13.2 Å². The van der Waals surface area contributed by atoms with Gasteiger partial charge in [-0.2, -0.15) is 13.2 Å². The van der Waals surface area contributed by atoms with Gasteiger partial charge in [0.2, 0.25) is 0 Å². The number of benzene rings is 2. The fraction of sp³-hybridized carbons (Fsp3) is 0.160. The van der Waals surface area contributed by atoms with Gasteiger partial charge in [0.15, 0.2) is 0 Å². The first kappa shape index (κ1) is 20.8. The number of aromatic amines is 1. The highest BCUT2D eigenvalue weighted by molar-refractivity contribution is 6.30. The number of pyridine rings is 1. The Hall–Kier alpha value is -3.09. The zero-order chi connectivity index (χ0) is 22.3. The van der Waals surface area contributed by atoms with Gasteiger partial charge in [-0.1, -0.05) is 42.0 Å². The number of nitrogens with one attached hydrogen (secondary N) is 2. The largest absolute Gasteiger partial charge is 0.416 e. The highest BCUT2D eigenvalue weighted by Crippen LogP contribution is 2.35. The lowest BCUT2D eigenvalue weighted by Gasteiger charge is -2.17. The maximum Gasteiger partial charge on any atom is 0.416 e. The average molecular weight is 454 g/mol. The molecule has 0 atom stereocenters. The third kappa shape index (κ3) is 4.04. The first-order chi connectivity index (χ1) is 15.4. The number of halogens is 4. The second-order valence-corrected chi connectivity index (χ2v) is 8.27. The van der Waals surface area contributed by atoms with Gasteiger partial charge in [0.05, 0.1) is 5.56 Å². The zero-order valence-electron chi connectivity index (χ0n) is 16.9. The van der Waals surface area contributed by atoms with Gasteiger partial charge >= 0.3 is 6.18 Å². The van der Waals surface area contributed by atoms with E-state index in [-0.39, 0.29) is 10.6 Å². The van der Waals surface area contributed by atoms with Gasteiger partial charge < -0.3 is 10.3 Å². The predicted octanol–water partition coefficient (Wildman–Crippen LogP) is 6.72. The molecule has 2 N–H and O–H groups in total. The van der Waals surface area contributed by atoms with E-state index in [1.165, 1.54) is 29.3 Å². The van der Waals surface area contributed by atoms with Crippen molar-refractivity contribution >= 4 is 34.8 Å². The number of rotatable bonds is 3. The monoisotopic (exact) mass is 453 g/mol. The molecule has 0 amide bonds. The molecule has 4 aromatic rings. The lowest BCUT2D eigenvalue weighted by Crippen LogP contribution is -2.23. The molecule has 0 radical (unpaired) electrons. The Morgan fingerprint density at radius 3 is 2.62 bits per heavy atom. The fourth-order valence-corrected chi connectivity index (χ4v) is 4.27. The van der Waals surface area contributed by atoms with E-state index in [1.807, 2.05) is 12.3 Å². The first-order valence-corrected chi connectivity index (χ1v) is 10.6. The highest BCUT2D eigenvalue weighted by Gasteiger charge is 2.32. The molecular formula is C25H19ClF3N3. The third-order valence-electron chi connectivity index (χ3n) is 5.75. The van der Waals surface area contributed by atoms with Crippen LogP contribution in [0.25, 0.3) is 34.3 Å². The van der Waals surface area contributed by atoms with E-state index in [0.717, 1.165) is 47.7 Å². The summed E-state index contributed by atoms with van der Waals surface area (Å²) in [5.74, 6) is 0. The molecule has 7 heteroatoms. The smallest absolute Gasteiger partial charge is 0.346 e. The quantitative estimate of drug-likeness (QED) is 0.361. The summed E-state index contributed by atoms with van der Waals surface area (Å²) in [4.78, 5) is 7.60. The van der Waals surface area contributed by atoms with Crippen molar-refractivity contribution in [1.29, 1.82) is 0 Å². The van der Waals surface area contributed by atoms with Gasteiger partial charge in [-0.15, -0.1) is 0 Å². The average Bonchev–Trinajstić information content (AvgIpc) is 3.19. The SMILES string of the molecule is FC(F)(F)c1ccc(Cl)cc1C=Cc1c[nH]c2ncc(-c3ccc4c(c3)CCNC4)cc12. The van der Waals surface area contributed by atoms with Crippen LogP contribution in [0.2, 0.25) is 5.02 Å². The molecule has 32 heavy (non-hydrogen) atoms. The molecule has 1 aliphatic heterocycles. The molecule has 0 saturated heterocycles. The van der Waals surface area contributed by atoms with Crippen molar-refractivity contribution in [2.75, 3.05) is 6.54 Å². The van der Waals surface area contributed by atoms with E-state index in [0.29, 0.717) is 5.65 Å². The van der Waals surface area contributed by atoms with Crippen LogP contribution in [0, 0.1) is 0 Å². The van der Waals surface area contributed by atoms with Crippen LogP contribution in [0.15, 0.2) is 54.9 Å². The van der Waals surface area contributed by atoms with Crippen LogP contribution < -0.4 is 5.32 Å². The number of aromatic nitrogens is 2. The minimum absolute atomic E-state index is 0.0201. The summed E-state index contributed by atoms with van der Waals surface area (Å²) in [5.41, 5.74) is 5.41. The van der Waals surface area contributed by atoms with E-state index in [9.17, 15) is 13.2 Å². The van der Waals surface area contributed by atoms with E-state index in [4.69, 9.17) is 11.6 Å². The molecule has 162 valence electrons. The number of hydrogen-bond acceptors (Lipinski definition) is 2. The summed E-state index contributed by atoms with van der Waals surface area (Å²) in [7, 11) is 0. The van der Waals surface area contributed by atoms with Crippen molar-refractivity contribution in [3.8, 4) is 11.1 Å². The van der Waals surface area contributed by atoms with Crippen LogP contribution in [-0.4, -0.2) is 16.5 Å². The van der Waals surface area contributed by atoms with Crippen molar-refractivity contribution in [2.24, 2.45) is 0 Å². The molecule has 0 fully saturated rings. The van der Waals surface area contributed by atoms with E-state index in [1.54, 1.807) is 12.3 Å². The second kappa shape index (κ2) is 8.11.